The number of likely N-dealkylation sites (tertiary alicyclic amines) is 1. The highest BCUT2D eigenvalue weighted by Gasteiger charge is 2.26. The summed E-state index contributed by atoms with van der Waals surface area (Å²) in [6, 6.07) is 5.21. The molecule has 0 aliphatic carbocycles. The second kappa shape index (κ2) is 8.36. The maximum atomic E-state index is 5.60. The summed E-state index contributed by atoms with van der Waals surface area (Å²) in [5.74, 6) is 1.49. The van der Waals surface area contributed by atoms with Gasteiger partial charge in [-0.1, -0.05) is 0 Å². The van der Waals surface area contributed by atoms with E-state index in [9.17, 15) is 0 Å². The summed E-state index contributed by atoms with van der Waals surface area (Å²) < 4.78 is 11.1. The number of methoxy groups -OCH3 is 2. The predicted molar refractivity (Wildman–Crippen MR) is 118 cm³/mol. The van der Waals surface area contributed by atoms with E-state index in [0.29, 0.717) is 12.1 Å². The van der Waals surface area contributed by atoms with Crippen molar-refractivity contribution in [3.05, 3.63) is 23.4 Å². The zero-order valence-corrected chi connectivity index (χ0v) is 18.4. The number of aromatic nitrogens is 1. The summed E-state index contributed by atoms with van der Waals surface area (Å²) in [4.78, 5) is 9.92. The third-order valence-electron chi connectivity index (χ3n) is 6.45. The molecule has 0 atom stereocenters. The zero-order valence-electron chi connectivity index (χ0n) is 18.4. The van der Waals surface area contributed by atoms with Crippen molar-refractivity contribution in [2.75, 3.05) is 46.2 Å². The van der Waals surface area contributed by atoms with Crippen molar-refractivity contribution in [2.45, 2.75) is 51.7 Å². The van der Waals surface area contributed by atoms with Crippen LogP contribution in [0.15, 0.2) is 12.1 Å². The van der Waals surface area contributed by atoms with Gasteiger partial charge in [0.05, 0.1) is 25.4 Å². The number of rotatable bonds is 5. The lowest BCUT2D eigenvalue weighted by molar-refractivity contribution is 0.177. The molecule has 1 aromatic heterocycles. The Morgan fingerprint density at radius 1 is 1.07 bits per heavy atom. The van der Waals surface area contributed by atoms with Crippen LogP contribution >= 0.6 is 0 Å². The molecule has 3 heterocycles. The number of fused-ring (bicyclic) bond motifs is 2. The average molecular weight is 399 g/mol. The predicted octanol–water partition coefficient (Wildman–Crippen LogP) is 3.52. The summed E-state index contributed by atoms with van der Waals surface area (Å²) in [6.07, 6.45) is 3.37. The van der Waals surface area contributed by atoms with E-state index >= 15 is 0 Å². The van der Waals surface area contributed by atoms with Gasteiger partial charge in [0.2, 0.25) is 0 Å². The number of nitrogens with one attached hydrogen (secondary N) is 1. The molecule has 0 unspecified atom stereocenters. The van der Waals surface area contributed by atoms with Gasteiger partial charge in [0.1, 0.15) is 0 Å². The Morgan fingerprint density at radius 2 is 1.76 bits per heavy atom. The van der Waals surface area contributed by atoms with Crippen LogP contribution in [0.4, 0.5) is 5.69 Å². The number of hydrogen-bond acceptors (Lipinski definition) is 6. The van der Waals surface area contributed by atoms with Crippen LogP contribution in [0.25, 0.3) is 10.9 Å². The van der Waals surface area contributed by atoms with E-state index in [2.05, 4.69) is 42.1 Å². The number of anilines is 1. The third-order valence-corrected chi connectivity index (χ3v) is 6.45. The van der Waals surface area contributed by atoms with Crippen LogP contribution in [0.5, 0.6) is 11.5 Å². The molecule has 29 heavy (non-hydrogen) atoms. The molecule has 1 fully saturated rings. The number of pyridine rings is 1. The fourth-order valence-corrected chi connectivity index (χ4v) is 4.65. The summed E-state index contributed by atoms with van der Waals surface area (Å²) in [7, 11) is 5.54. The first-order valence-electron chi connectivity index (χ1n) is 10.8. The molecular formula is C23H34N4O2. The van der Waals surface area contributed by atoms with Crippen molar-refractivity contribution >= 4 is 16.6 Å². The molecular weight excluding hydrogens is 364 g/mol. The molecule has 1 saturated heterocycles. The van der Waals surface area contributed by atoms with E-state index in [1.165, 1.54) is 29.8 Å². The highest BCUT2D eigenvalue weighted by molar-refractivity contribution is 5.96. The van der Waals surface area contributed by atoms with Crippen molar-refractivity contribution in [2.24, 2.45) is 0 Å². The number of nitrogens with zero attached hydrogens (tertiary/aromatic N) is 3. The van der Waals surface area contributed by atoms with Crippen molar-refractivity contribution in [1.82, 2.24) is 14.8 Å². The van der Waals surface area contributed by atoms with Gasteiger partial charge in [-0.25, -0.2) is 0 Å². The van der Waals surface area contributed by atoms with Crippen LogP contribution in [-0.2, 0) is 13.0 Å². The van der Waals surface area contributed by atoms with Crippen LogP contribution in [-0.4, -0.2) is 67.8 Å². The first-order chi connectivity index (χ1) is 14.0. The van der Waals surface area contributed by atoms with Crippen LogP contribution in [0.3, 0.4) is 0 Å². The molecule has 0 bridgehead atoms. The van der Waals surface area contributed by atoms with Crippen molar-refractivity contribution < 1.29 is 9.47 Å². The quantitative estimate of drug-likeness (QED) is 0.832. The standard InChI is InChI=1S/C23H34N4O2/c1-15(2)27-10-6-16(7-11-27)24-23-17-8-9-26(3)14-20(17)25-19-13-22(29-5)21(28-4)12-18(19)23/h12-13,15-16H,6-11,14H2,1-5H3,(H,24,25). The largest absolute Gasteiger partial charge is 0.493 e. The molecule has 0 amide bonds. The van der Waals surface area contributed by atoms with Crippen LogP contribution < -0.4 is 14.8 Å². The maximum Gasteiger partial charge on any atom is 0.162 e. The summed E-state index contributed by atoms with van der Waals surface area (Å²) >= 11 is 0. The Balaban J connectivity index is 1.74. The number of piperidine rings is 1. The first-order valence-corrected chi connectivity index (χ1v) is 10.8. The molecule has 6 nitrogen and oxygen atoms in total. The Bertz CT molecular complexity index is 875. The first kappa shape index (κ1) is 20.2. The van der Waals surface area contributed by atoms with Gasteiger partial charge in [0.25, 0.3) is 0 Å². The minimum atomic E-state index is 0.493. The van der Waals surface area contributed by atoms with Gasteiger partial charge in [0.15, 0.2) is 11.5 Å². The summed E-state index contributed by atoms with van der Waals surface area (Å²) in [5.41, 5.74) is 4.77. The monoisotopic (exact) mass is 398 g/mol. The highest BCUT2D eigenvalue weighted by atomic mass is 16.5. The molecule has 158 valence electrons. The van der Waals surface area contributed by atoms with Crippen LogP contribution in [0.2, 0.25) is 0 Å². The van der Waals surface area contributed by atoms with Crippen molar-refractivity contribution in [1.29, 1.82) is 0 Å². The van der Waals surface area contributed by atoms with Crippen LogP contribution in [0.1, 0.15) is 37.9 Å². The fourth-order valence-electron chi connectivity index (χ4n) is 4.65. The van der Waals surface area contributed by atoms with E-state index in [-0.39, 0.29) is 0 Å². The summed E-state index contributed by atoms with van der Waals surface area (Å²) in [6.45, 7) is 8.84. The Labute approximate surface area is 174 Å². The lowest BCUT2D eigenvalue weighted by atomic mass is 9.97. The minimum Gasteiger partial charge on any atom is -0.493 e. The number of ether oxygens (including phenoxy) is 2. The lowest BCUT2D eigenvalue weighted by Crippen LogP contribution is -2.42. The molecule has 4 rings (SSSR count). The van der Waals surface area contributed by atoms with E-state index in [1.54, 1.807) is 14.2 Å². The van der Waals surface area contributed by atoms with Gasteiger partial charge >= 0.3 is 0 Å². The molecule has 2 aromatic rings. The third kappa shape index (κ3) is 4.01. The number of likely N-dealkylation sites (N-methyl/N-ethyl adjacent to an activating group) is 1. The van der Waals surface area contributed by atoms with E-state index < -0.39 is 0 Å². The fraction of sp³-hybridized carbons (Fsp3) is 0.609. The number of hydrogen-bond donors (Lipinski definition) is 1. The van der Waals surface area contributed by atoms with Gasteiger partial charge in [-0.3, -0.25) is 4.98 Å². The molecule has 0 spiro atoms. The van der Waals surface area contributed by atoms with Crippen LogP contribution in [0, 0.1) is 0 Å². The SMILES string of the molecule is COc1cc2nc3c(c(NC4CCN(C(C)C)CC4)c2cc1OC)CCN(C)C3. The number of benzene rings is 1. The molecule has 0 radical (unpaired) electrons. The van der Waals surface area contributed by atoms with E-state index in [1.807, 2.05) is 6.07 Å². The van der Waals surface area contributed by atoms with Crippen molar-refractivity contribution in [3.8, 4) is 11.5 Å². The van der Waals surface area contributed by atoms with Gasteiger partial charge in [-0.2, -0.15) is 0 Å². The minimum absolute atomic E-state index is 0.493. The molecule has 2 aliphatic rings. The van der Waals surface area contributed by atoms with E-state index in [0.717, 1.165) is 55.0 Å². The molecule has 1 N–H and O–H groups in total. The topological polar surface area (TPSA) is 49.9 Å². The molecule has 2 aliphatic heterocycles. The second-order valence-electron chi connectivity index (χ2n) is 8.67. The van der Waals surface area contributed by atoms with Gasteiger partial charge in [0, 0.05) is 61.0 Å². The van der Waals surface area contributed by atoms with Gasteiger partial charge < -0.3 is 24.6 Å². The lowest BCUT2D eigenvalue weighted by Gasteiger charge is -2.36. The zero-order chi connectivity index (χ0) is 20.5. The Kier molecular flexibility index (Phi) is 5.83. The molecule has 1 aromatic carbocycles. The summed E-state index contributed by atoms with van der Waals surface area (Å²) in [5, 5.41) is 5.07. The normalized spacial score (nSPS) is 18.8. The van der Waals surface area contributed by atoms with Gasteiger partial charge in [-0.05, 0) is 46.2 Å². The average Bonchev–Trinajstić information content (AvgIpc) is 2.72. The Morgan fingerprint density at radius 3 is 2.41 bits per heavy atom. The van der Waals surface area contributed by atoms with Gasteiger partial charge in [-0.15, -0.1) is 0 Å². The molecule has 0 saturated carbocycles. The van der Waals surface area contributed by atoms with E-state index in [4.69, 9.17) is 14.5 Å². The molecule has 6 heteroatoms. The second-order valence-corrected chi connectivity index (χ2v) is 8.67. The van der Waals surface area contributed by atoms with Crippen molar-refractivity contribution in [3.63, 3.8) is 0 Å². The maximum absolute atomic E-state index is 5.60. The smallest absolute Gasteiger partial charge is 0.162 e. The Hall–Kier alpha value is -2.05. The highest BCUT2D eigenvalue weighted by Crippen LogP contribution is 2.39.